The molecule has 0 saturated heterocycles. The first-order valence-corrected chi connectivity index (χ1v) is 15.2. The van der Waals surface area contributed by atoms with Gasteiger partial charge in [0.25, 0.3) is 0 Å². The predicted octanol–water partition coefficient (Wildman–Crippen LogP) is 8.24. The average Bonchev–Trinajstić information content (AvgIpc) is 3.79. The maximum Gasteiger partial charge on any atom is 0.343 e. The zero-order chi connectivity index (χ0) is 26.3. The summed E-state index contributed by atoms with van der Waals surface area (Å²) >= 11 is 1.53. The van der Waals surface area contributed by atoms with Gasteiger partial charge in [-0.2, -0.15) is 0 Å². The van der Waals surface area contributed by atoms with Crippen molar-refractivity contribution >= 4 is 28.5 Å². The van der Waals surface area contributed by atoms with Crippen molar-refractivity contribution in [2.45, 2.75) is 68.1 Å². The second-order valence-electron chi connectivity index (χ2n) is 11.8. The largest absolute Gasteiger partial charge is 0.507 e. The SMILES string of the molecule is O=c1oc(C(CC2CC2)CC2CC2)cc(O)c1C(c1cccc(NSc2cccc3cccnc23)c1)C1CC1. The van der Waals surface area contributed by atoms with E-state index in [-0.39, 0.29) is 23.2 Å². The Morgan fingerprint density at radius 3 is 2.41 bits per heavy atom. The Morgan fingerprint density at radius 1 is 0.949 bits per heavy atom. The van der Waals surface area contributed by atoms with Gasteiger partial charge in [0.05, 0.1) is 16.0 Å². The van der Waals surface area contributed by atoms with Crippen molar-refractivity contribution in [3.8, 4) is 5.75 Å². The molecule has 7 rings (SSSR count). The van der Waals surface area contributed by atoms with Gasteiger partial charge in [0.15, 0.2) is 0 Å². The molecule has 2 heterocycles. The lowest BCUT2D eigenvalue weighted by Crippen LogP contribution is -2.17. The molecule has 200 valence electrons. The lowest BCUT2D eigenvalue weighted by Gasteiger charge is -2.21. The van der Waals surface area contributed by atoms with Gasteiger partial charge in [0.2, 0.25) is 0 Å². The molecular weight excluding hydrogens is 504 g/mol. The highest BCUT2D eigenvalue weighted by molar-refractivity contribution is 8.00. The molecule has 2 aromatic heterocycles. The summed E-state index contributed by atoms with van der Waals surface area (Å²) in [6.07, 6.45) is 11.2. The summed E-state index contributed by atoms with van der Waals surface area (Å²) in [5.41, 5.74) is 3.00. The molecule has 0 bridgehead atoms. The molecule has 39 heavy (non-hydrogen) atoms. The molecule has 6 heteroatoms. The molecule has 3 saturated carbocycles. The third kappa shape index (κ3) is 5.58. The van der Waals surface area contributed by atoms with Crippen LogP contribution in [0.25, 0.3) is 10.9 Å². The highest BCUT2D eigenvalue weighted by atomic mass is 32.2. The van der Waals surface area contributed by atoms with Crippen LogP contribution < -0.4 is 10.3 Å². The van der Waals surface area contributed by atoms with Crippen molar-refractivity contribution in [2.75, 3.05) is 4.72 Å². The molecule has 3 aliphatic rings. The third-order valence-electron chi connectivity index (χ3n) is 8.54. The highest BCUT2D eigenvalue weighted by Crippen LogP contribution is 2.50. The molecule has 5 nitrogen and oxygen atoms in total. The predicted molar refractivity (Wildman–Crippen MR) is 156 cm³/mol. The van der Waals surface area contributed by atoms with Crippen molar-refractivity contribution in [1.29, 1.82) is 0 Å². The van der Waals surface area contributed by atoms with E-state index in [0.717, 1.165) is 64.6 Å². The minimum absolute atomic E-state index is 0.101. The lowest BCUT2D eigenvalue weighted by molar-refractivity contribution is 0.357. The average molecular weight is 539 g/mol. The minimum atomic E-state index is -0.368. The van der Waals surface area contributed by atoms with Crippen molar-refractivity contribution in [2.24, 2.45) is 17.8 Å². The maximum absolute atomic E-state index is 13.5. The van der Waals surface area contributed by atoms with Crippen molar-refractivity contribution in [3.05, 3.63) is 94.2 Å². The first-order valence-electron chi connectivity index (χ1n) is 14.4. The fourth-order valence-electron chi connectivity index (χ4n) is 6.01. The lowest BCUT2D eigenvalue weighted by atomic mass is 9.86. The van der Waals surface area contributed by atoms with Crippen LogP contribution in [0.2, 0.25) is 0 Å². The quantitative estimate of drug-likeness (QED) is 0.187. The number of aromatic hydroxyl groups is 1. The molecule has 1 atom stereocenters. The number of nitrogens with zero attached hydrogens (tertiary/aromatic N) is 1. The Labute approximate surface area is 233 Å². The summed E-state index contributed by atoms with van der Waals surface area (Å²) in [5.74, 6) is 2.69. The van der Waals surface area contributed by atoms with Crippen LogP contribution in [-0.4, -0.2) is 10.1 Å². The number of hydrogen-bond acceptors (Lipinski definition) is 6. The summed E-state index contributed by atoms with van der Waals surface area (Å²) in [4.78, 5) is 19.1. The zero-order valence-electron chi connectivity index (χ0n) is 22.0. The Bertz CT molecular complexity index is 1540. The molecule has 1 unspecified atom stereocenters. The van der Waals surface area contributed by atoms with Crippen LogP contribution in [0.3, 0.4) is 0 Å². The van der Waals surface area contributed by atoms with Crippen molar-refractivity contribution < 1.29 is 9.52 Å². The number of anilines is 1. The van der Waals surface area contributed by atoms with Crippen molar-refractivity contribution in [1.82, 2.24) is 4.98 Å². The van der Waals surface area contributed by atoms with Gasteiger partial charge in [-0.15, -0.1) is 0 Å². The number of rotatable bonds is 11. The highest BCUT2D eigenvalue weighted by Gasteiger charge is 2.38. The molecular formula is C33H34N2O3S. The van der Waals surface area contributed by atoms with Gasteiger partial charge in [-0.05, 0) is 85.2 Å². The number of nitrogens with one attached hydrogen (secondary N) is 1. The van der Waals surface area contributed by atoms with Crippen LogP contribution >= 0.6 is 11.9 Å². The zero-order valence-corrected chi connectivity index (χ0v) is 22.8. The summed E-state index contributed by atoms with van der Waals surface area (Å²) in [6.45, 7) is 0. The number of para-hydroxylation sites is 1. The number of benzene rings is 2. The number of hydrogen-bond donors (Lipinski definition) is 2. The standard InChI is InChI=1S/C33H34N2O3S/c36-27-19-28(25(16-20-9-10-20)17-21-11-12-21)38-33(37)31(27)30(22-13-14-22)24-5-1-7-26(18-24)35-39-29-8-2-4-23-6-3-15-34-32(23)29/h1-8,15,18-22,25,30,35-36H,9-14,16-17H2. The molecule has 0 amide bonds. The second-order valence-corrected chi connectivity index (χ2v) is 12.6. The van der Waals surface area contributed by atoms with Crippen molar-refractivity contribution in [3.63, 3.8) is 0 Å². The van der Waals surface area contributed by atoms with E-state index in [2.05, 4.69) is 40.0 Å². The minimum Gasteiger partial charge on any atom is -0.507 e. The molecule has 2 aromatic carbocycles. The van der Waals surface area contributed by atoms with E-state index in [0.29, 0.717) is 17.2 Å². The Hall–Kier alpha value is -3.25. The first kappa shape index (κ1) is 24.8. The normalized spacial score (nSPS) is 18.0. The first-order chi connectivity index (χ1) is 19.1. The second kappa shape index (κ2) is 10.4. The molecule has 2 N–H and O–H groups in total. The van der Waals surface area contributed by atoms with Gasteiger partial charge in [-0.1, -0.05) is 56.0 Å². The maximum atomic E-state index is 13.5. The Kier molecular flexibility index (Phi) is 6.59. The summed E-state index contributed by atoms with van der Waals surface area (Å²) < 4.78 is 9.50. The van der Waals surface area contributed by atoms with Gasteiger partial charge < -0.3 is 14.2 Å². The number of pyridine rings is 1. The monoisotopic (exact) mass is 538 g/mol. The molecule has 0 radical (unpaired) electrons. The summed E-state index contributed by atoms with van der Waals surface area (Å²) in [7, 11) is 0. The molecule has 3 fully saturated rings. The van der Waals surface area contributed by atoms with Gasteiger partial charge in [0, 0.05) is 35.2 Å². The van der Waals surface area contributed by atoms with Gasteiger partial charge in [-0.25, -0.2) is 4.79 Å². The topological polar surface area (TPSA) is 75.4 Å². The molecule has 4 aromatic rings. The van der Waals surface area contributed by atoms with Crippen LogP contribution in [-0.2, 0) is 0 Å². The van der Waals surface area contributed by atoms with Gasteiger partial charge >= 0.3 is 5.63 Å². The van der Waals surface area contributed by atoms with Crippen LogP contribution in [0.15, 0.2) is 81.0 Å². The fraction of sp³-hybridized carbons (Fsp3) is 0.394. The summed E-state index contributed by atoms with van der Waals surface area (Å²) in [5, 5.41) is 12.4. The summed E-state index contributed by atoms with van der Waals surface area (Å²) in [6, 6.07) is 20.2. The van der Waals surface area contributed by atoms with E-state index in [9.17, 15) is 9.90 Å². The fourth-order valence-corrected chi connectivity index (χ4v) is 6.78. The van der Waals surface area contributed by atoms with Crippen LogP contribution in [0.1, 0.15) is 80.1 Å². The van der Waals surface area contributed by atoms with E-state index in [1.54, 1.807) is 6.07 Å². The van der Waals surface area contributed by atoms with Gasteiger partial charge in [0.1, 0.15) is 11.5 Å². The van der Waals surface area contributed by atoms with Gasteiger partial charge in [-0.3, -0.25) is 4.98 Å². The number of aromatic nitrogens is 1. The smallest absolute Gasteiger partial charge is 0.343 e. The molecule has 3 aliphatic carbocycles. The van der Waals surface area contributed by atoms with E-state index in [1.807, 2.05) is 30.5 Å². The van der Waals surface area contributed by atoms with Crippen LogP contribution in [0.4, 0.5) is 5.69 Å². The Balaban J connectivity index is 1.15. The third-order valence-corrected chi connectivity index (χ3v) is 9.43. The molecule has 0 aliphatic heterocycles. The van der Waals surface area contributed by atoms with Crippen LogP contribution in [0, 0.1) is 17.8 Å². The Morgan fingerprint density at radius 2 is 1.69 bits per heavy atom. The van der Waals surface area contributed by atoms with E-state index in [1.165, 1.54) is 37.6 Å². The molecule has 0 spiro atoms. The van der Waals surface area contributed by atoms with E-state index < -0.39 is 0 Å². The van der Waals surface area contributed by atoms with E-state index >= 15 is 0 Å². The van der Waals surface area contributed by atoms with E-state index in [4.69, 9.17) is 4.42 Å². The van der Waals surface area contributed by atoms with Crippen LogP contribution in [0.5, 0.6) is 5.75 Å². The number of fused-ring (bicyclic) bond motifs is 1.